The number of benzene rings is 3. The number of fused-ring (bicyclic) bond motifs is 1. The molecule has 28 heavy (non-hydrogen) atoms. The van der Waals surface area contributed by atoms with Gasteiger partial charge in [0.1, 0.15) is 0 Å². The van der Waals surface area contributed by atoms with Crippen molar-refractivity contribution in [3.05, 3.63) is 78.4 Å². The van der Waals surface area contributed by atoms with Crippen LogP contribution in [0.1, 0.15) is 18.9 Å². The summed E-state index contributed by atoms with van der Waals surface area (Å²) in [6.07, 6.45) is 0.869. The molecule has 5 heteroatoms. The van der Waals surface area contributed by atoms with Crippen LogP contribution in [0.15, 0.2) is 77.7 Å². The molecule has 1 aliphatic heterocycles. The molecule has 0 amide bonds. The van der Waals surface area contributed by atoms with Crippen LogP contribution in [0.3, 0.4) is 0 Å². The van der Waals surface area contributed by atoms with Gasteiger partial charge in [-0.1, -0.05) is 67.6 Å². The van der Waals surface area contributed by atoms with Crippen LogP contribution in [0.5, 0.6) is 0 Å². The van der Waals surface area contributed by atoms with Gasteiger partial charge in [-0.3, -0.25) is 4.90 Å². The third kappa shape index (κ3) is 3.83. The molecule has 146 valence electrons. The fourth-order valence-corrected chi connectivity index (χ4v) is 5.81. The summed E-state index contributed by atoms with van der Waals surface area (Å²) in [5.41, 5.74) is 1.27. The van der Waals surface area contributed by atoms with Crippen molar-refractivity contribution in [3.63, 3.8) is 0 Å². The molecule has 0 aromatic heterocycles. The van der Waals surface area contributed by atoms with E-state index in [1.807, 2.05) is 55.5 Å². The van der Waals surface area contributed by atoms with Crippen LogP contribution in [0.25, 0.3) is 10.8 Å². The van der Waals surface area contributed by atoms with Crippen molar-refractivity contribution in [2.75, 3.05) is 19.6 Å². The molecule has 1 atom stereocenters. The molecule has 1 aliphatic rings. The molecule has 3 aromatic carbocycles. The van der Waals surface area contributed by atoms with E-state index in [0.717, 1.165) is 36.8 Å². The monoisotopic (exact) mass is 394 g/mol. The summed E-state index contributed by atoms with van der Waals surface area (Å²) in [4.78, 5) is 2.73. The van der Waals surface area contributed by atoms with E-state index < -0.39 is 10.0 Å². The first kappa shape index (κ1) is 19.1. The predicted molar refractivity (Wildman–Crippen MR) is 114 cm³/mol. The van der Waals surface area contributed by atoms with E-state index in [1.165, 1.54) is 5.56 Å². The second-order valence-corrected chi connectivity index (χ2v) is 9.27. The molecule has 0 N–H and O–H groups in total. The molecular formula is C23H26N2O2S. The van der Waals surface area contributed by atoms with Gasteiger partial charge in [-0.05, 0) is 34.9 Å². The van der Waals surface area contributed by atoms with Crippen LogP contribution in [0.4, 0.5) is 0 Å². The Balaban J connectivity index is 1.54. The third-order valence-electron chi connectivity index (χ3n) is 5.54. The second-order valence-electron chi connectivity index (χ2n) is 7.38. The van der Waals surface area contributed by atoms with E-state index in [-0.39, 0.29) is 6.04 Å². The average Bonchev–Trinajstić information content (AvgIpc) is 3.16. The molecule has 0 spiro atoms. The first-order chi connectivity index (χ1) is 13.6. The van der Waals surface area contributed by atoms with Crippen LogP contribution in [-0.4, -0.2) is 43.3 Å². The number of hydrogen-bond donors (Lipinski definition) is 0. The summed E-state index contributed by atoms with van der Waals surface area (Å²) in [5.74, 6) is 0. The van der Waals surface area contributed by atoms with E-state index in [9.17, 15) is 8.42 Å². The van der Waals surface area contributed by atoms with Crippen LogP contribution in [0.2, 0.25) is 0 Å². The highest BCUT2D eigenvalue weighted by Crippen LogP contribution is 2.26. The molecule has 0 aliphatic carbocycles. The van der Waals surface area contributed by atoms with E-state index >= 15 is 0 Å². The summed E-state index contributed by atoms with van der Waals surface area (Å²) in [6, 6.07) is 23.7. The minimum atomic E-state index is -3.52. The number of nitrogens with zero attached hydrogens (tertiary/aromatic N) is 2. The average molecular weight is 395 g/mol. The molecule has 3 aromatic rings. The predicted octanol–water partition coefficient (Wildman–Crippen LogP) is 4.12. The molecule has 1 saturated heterocycles. The number of hydrogen-bond acceptors (Lipinski definition) is 3. The summed E-state index contributed by atoms with van der Waals surface area (Å²) in [7, 11) is -3.52. The first-order valence-electron chi connectivity index (χ1n) is 9.85. The van der Waals surface area contributed by atoms with Crippen molar-refractivity contribution < 1.29 is 8.42 Å². The molecule has 4 rings (SSSR count). The van der Waals surface area contributed by atoms with Crippen molar-refractivity contribution in [1.82, 2.24) is 9.21 Å². The van der Waals surface area contributed by atoms with Gasteiger partial charge >= 0.3 is 0 Å². The third-order valence-corrected chi connectivity index (χ3v) is 7.57. The highest BCUT2D eigenvalue weighted by molar-refractivity contribution is 7.89. The lowest BCUT2D eigenvalue weighted by Gasteiger charge is -2.27. The van der Waals surface area contributed by atoms with Gasteiger partial charge in [-0.15, -0.1) is 0 Å². The highest BCUT2D eigenvalue weighted by Gasteiger charge is 2.34. The zero-order valence-electron chi connectivity index (χ0n) is 16.2. The van der Waals surface area contributed by atoms with E-state index in [2.05, 4.69) is 17.0 Å². The summed E-state index contributed by atoms with van der Waals surface area (Å²) < 4.78 is 28.4. The number of likely N-dealkylation sites (tertiary alicyclic amines) is 1. The van der Waals surface area contributed by atoms with Gasteiger partial charge in [-0.2, -0.15) is 4.31 Å². The molecular weight excluding hydrogens is 368 g/mol. The number of sulfonamides is 1. The maximum absolute atomic E-state index is 13.4. The largest absolute Gasteiger partial charge is 0.297 e. The van der Waals surface area contributed by atoms with Gasteiger partial charge in [0.15, 0.2) is 0 Å². The van der Waals surface area contributed by atoms with Crippen molar-refractivity contribution in [3.8, 4) is 0 Å². The van der Waals surface area contributed by atoms with Gasteiger partial charge in [0.05, 0.1) is 4.90 Å². The van der Waals surface area contributed by atoms with Crippen LogP contribution >= 0.6 is 0 Å². The Kier molecular flexibility index (Phi) is 5.49. The summed E-state index contributed by atoms with van der Waals surface area (Å²) in [5, 5.41) is 2.01. The topological polar surface area (TPSA) is 40.6 Å². The molecule has 0 radical (unpaired) electrons. The second kappa shape index (κ2) is 8.03. The first-order valence-corrected chi connectivity index (χ1v) is 11.3. The van der Waals surface area contributed by atoms with E-state index in [4.69, 9.17) is 0 Å². The minimum Gasteiger partial charge on any atom is -0.297 e. The molecule has 1 unspecified atom stereocenters. The van der Waals surface area contributed by atoms with Crippen LogP contribution in [-0.2, 0) is 16.6 Å². The van der Waals surface area contributed by atoms with Crippen LogP contribution < -0.4 is 0 Å². The van der Waals surface area contributed by atoms with Gasteiger partial charge in [0.2, 0.25) is 10.0 Å². The minimum absolute atomic E-state index is 0.0187. The normalized spacial score (nSPS) is 18.1. The molecule has 0 saturated carbocycles. The fourth-order valence-electron chi connectivity index (χ4n) is 4.12. The summed E-state index contributed by atoms with van der Waals surface area (Å²) in [6.45, 7) is 4.97. The quantitative estimate of drug-likeness (QED) is 0.631. The van der Waals surface area contributed by atoms with Crippen molar-refractivity contribution in [2.24, 2.45) is 0 Å². The van der Waals surface area contributed by atoms with E-state index in [0.29, 0.717) is 11.4 Å². The SMILES string of the molecule is CCN(C1CCN(Cc2ccccc2)C1)S(=O)(=O)c1ccc2ccccc2c1. The standard InChI is InChI=1S/C23H26N2O2S/c1-2-25(22-14-15-24(18-22)17-19-8-4-3-5-9-19)28(26,27)23-13-12-20-10-6-7-11-21(20)16-23/h3-13,16,22H,2,14-15,17-18H2,1H3. The lowest BCUT2D eigenvalue weighted by atomic mass is 10.1. The van der Waals surface area contributed by atoms with Crippen molar-refractivity contribution in [2.45, 2.75) is 30.8 Å². The van der Waals surface area contributed by atoms with Gasteiger partial charge < -0.3 is 0 Å². The maximum Gasteiger partial charge on any atom is 0.243 e. The van der Waals surface area contributed by atoms with Crippen molar-refractivity contribution in [1.29, 1.82) is 0 Å². The highest BCUT2D eigenvalue weighted by atomic mass is 32.2. The fraction of sp³-hybridized carbons (Fsp3) is 0.304. The zero-order valence-corrected chi connectivity index (χ0v) is 17.0. The van der Waals surface area contributed by atoms with Gasteiger partial charge in [0.25, 0.3) is 0 Å². The van der Waals surface area contributed by atoms with Gasteiger partial charge in [-0.25, -0.2) is 8.42 Å². The Morgan fingerprint density at radius 2 is 1.68 bits per heavy atom. The Morgan fingerprint density at radius 3 is 2.43 bits per heavy atom. The maximum atomic E-state index is 13.4. The summed E-state index contributed by atoms with van der Waals surface area (Å²) >= 11 is 0. The number of likely N-dealkylation sites (N-methyl/N-ethyl adjacent to an activating group) is 1. The Bertz CT molecular complexity index is 1050. The Hall–Kier alpha value is -2.21. The number of rotatable bonds is 6. The lowest BCUT2D eigenvalue weighted by Crippen LogP contribution is -2.41. The van der Waals surface area contributed by atoms with Crippen molar-refractivity contribution >= 4 is 20.8 Å². The van der Waals surface area contributed by atoms with Crippen LogP contribution in [0, 0.1) is 0 Å². The smallest absolute Gasteiger partial charge is 0.243 e. The lowest BCUT2D eigenvalue weighted by molar-refractivity contribution is 0.285. The van der Waals surface area contributed by atoms with E-state index in [1.54, 1.807) is 16.4 Å². The Morgan fingerprint density at radius 1 is 0.964 bits per heavy atom. The van der Waals surface area contributed by atoms with Gasteiger partial charge in [0, 0.05) is 32.2 Å². The molecule has 1 heterocycles. The molecule has 1 fully saturated rings. The molecule has 4 nitrogen and oxygen atoms in total. The zero-order chi connectivity index (χ0) is 19.6. The molecule has 0 bridgehead atoms. The Labute approximate surface area is 167 Å².